The summed E-state index contributed by atoms with van der Waals surface area (Å²) in [7, 11) is 2.17. The molecule has 2 aliphatic heterocycles. The summed E-state index contributed by atoms with van der Waals surface area (Å²) in [5, 5.41) is 9.76. The molecule has 134 valence electrons. The Morgan fingerprint density at radius 3 is 2.60 bits per heavy atom. The van der Waals surface area contributed by atoms with Crippen molar-refractivity contribution in [1.29, 1.82) is 5.26 Å². The number of carbonyl (C=O) groups excluding carboxylic acids is 1. The zero-order chi connectivity index (χ0) is 17.7. The number of amides is 1. The second kappa shape index (κ2) is 8.01. The van der Waals surface area contributed by atoms with E-state index >= 15 is 0 Å². The number of hydrogen-bond acceptors (Lipinski definition) is 3. The second-order valence-electron chi connectivity index (χ2n) is 7.75. The summed E-state index contributed by atoms with van der Waals surface area (Å²) in [5.41, 5.74) is 0.666. The summed E-state index contributed by atoms with van der Waals surface area (Å²) >= 11 is 0. The quantitative estimate of drug-likeness (QED) is 0.846. The molecule has 0 aromatic heterocycles. The first-order chi connectivity index (χ1) is 12.1. The molecule has 1 aromatic rings. The molecule has 1 aromatic carbocycles. The second-order valence-corrected chi connectivity index (χ2v) is 7.75. The molecule has 3 rings (SSSR count). The van der Waals surface area contributed by atoms with Crippen LogP contribution in [0.2, 0.25) is 0 Å². The lowest BCUT2D eigenvalue weighted by Gasteiger charge is -2.38. The van der Waals surface area contributed by atoms with Crippen molar-refractivity contribution in [1.82, 2.24) is 9.80 Å². The van der Waals surface area contributed by atoms with Crippen molar-refractivity contribution in [3.05, 3.63) is 35.9 Å². The third-order valence-corrected chi connectivity index (χ3v) is 6.00. The highest BCUT2D eigenvalue weighted by Gasteiger charge is 2.37. The molecular weight excluding hydrogens is 310 g/mol. The highest BCUT2D eigenvalue weighted by atomic mass is 16.2. The van der Waals surface area contributed by atoms with Gasteiger partial charge >= 0.3 is 0 Å². The molecule has 0 spiro atoms. The minimum absolute atomic E-state index is 0.271. The van der Waals surface area contributed by atoms with Gasteiger partial charge in [-0.05, 0) is 57.2 Å². The van der Waals surface area contributed by atoms with Crippen LogP contribution >= 0.6 is 0 Å². The molecule has 2 heterocycles. The lowest BCUT2D eigenvalue weighted by Crippen LogP contribution is -2.44. The van der Waals surface area contributed by atoms with Gasteiger partial charge in [0.25, 0.3) is 0 Å². The van der Waals surface area contributed by atoms with Gasteiger partial charge in [0.2, 0.25) is 5.91 Å². The summed E-state index contributed by atoms with van der Waals surface area (Å²) in [6, 6.07) is 12.6. The van der Waals surface area contributed by atoms with E-state index in [1.54, 1.807) is 0 Å². The summed E-state index contributed by atoms with van der Waals surface area (Å²) in [6.07, 6.45) is 5.64. The van der Waals surface area contributed by atoms with Crippen LogP contribution in [0.15, 0.2) is 30.3 Å². The predicted octanol–water partition coefficient (Wildman–Crippen LogP) is 3.19. The Bertz CT molecular complexity index is 614. The van der Waals surface area contributed by atoms with Crippen LogP contribution < -0.4 is 0 Å². The van der Waals surface area contributed by atoms with Gasteiger partial charge in [0, 0.05) is 26.1 Å². The van der Waals surface area contributed by atoms with Crippen molar-refractivity contribution in [3.8, 4) is 6.07 Å². The number of nitriles is 1. The lowest BCUT2D eigenvalue weighted by molar-refractivity contribution is -0.133. The Hall–Kier alpha value is -1.86. The molecule has 2 fully saturated rings. The third kappa shape index (κ3) is 4.22. The molecule has 1 atom stereocenters. The molecule has 4 nitrogen and oxygen atoms in total. The molecule has 2 aliphatic rings. The summed E-state index contributed by atoms with van der Waals surface area (Å²) in [6.45, 7) is 3.71. The van der Waals surface area contributed by atoms with Crippen molar-refractivity contribution >= 4 is 5.91 Å². The van der Waals surface area contributed by atoms with Gasteiger partial charge in [0.05, 0.1) is 11.5 Å². The van der Waals surface area contributed by atoms with Crippen molar-refractivity contribution in [2.24, 2.45) is 5.92 Å². The number of carbonyl (C=O) groups is 1. The normalized spacial score (nSPS) is 23.8. The molecule has 0 bridgehead atoms. The van der Waals surface area contributed by atoms with Gasteiger partial charge in [0.1, 0.15) is 0 Å². The largest absolute Gasteiger partial charge is 0.343 e. The highest BCUT2D eigenvalue weighted by molar-refractivity contribution is 5.76. The van der Waals surface area contributed by atoms with E-state index in [0.29, 0.717) is 25.4 Å². The maximum absolute atomic E-state index is 12.6. The number of rotatable bonds is 4. The van der Waals surface area contributed by atoms with E-state index < -0.39 is 5.41 Å². The van der Waals surface area contributed by atoms with Gasteiger partial charge in [-0.3, -0.25) is 4.79 Å². The topological polar surface area (TPSA) is 47.3 Å². The highest BCUT2D eigenvalue weighted by Crippen LogP contribution is 2.35. The Labute approximate surface area is 151 Å². The van der Waals surface area contributed by atoms with Crippen LogP contribution in [0.5, 0.6) is 0 Å². The summed E-state index contributed by atoms with van der Waals surface area (Å²) in [4.78, 5) is 16.9. The Morgan fingerprint density at radius 2 is 1.96 bits per heavy atom. The maximum Gasteiger partial charge on any atom is 0.222 e. The average Bonchev–Trinajstić information content (AvgIpc) is 2.67. The Balaban J connectivity index is 1.51. The average molecular weight is 339 g/mol. The molecule has 0 N–H and O–H groups in total. The zero-order valence-electron chi connectivity index (χ0n) is 15.3. The molecule has 0 aliphatic carbocycles. The van der Waals surface area contributed by atoms with Gasteiger partial charge in [-0.2, -0.15) is 5.26 Å². The van der Waals surface area contributed by atoms with E-state index in [4.69, 9.17) is 0 Å². The van der Waals surface area contributed by atoms with Crippen LogP contribution in [0.3, 0.4) is 0 Å². The Morgan fingerprint density at radius 1 is 1.24 bits per heavy atom. The third-order valence-electron chi connectivity index (χ3n) is 6.00. The van der Waals surface area contributed by atoms with Crippen LogP contribution in [0, 0.1) is 17.2 Å². The van der Waals surface area contributed by atoms with Gasteiger partial charge in [-0.15, -0.1) is 0 Å². The number of likely N-dealkylation sites (tertiary alicyclic amines) is 2. The van der Waals surface area contributed by atoms with Gasteiger partial charge < -0.3 is 9.80 Å². The van der Waals surface area contributed by atoms with Crippen molar-refractivity contribution in [3.63, 3.8) is 0 Å². The monoisotopic (exact) mass is 339 g/mol. The molecular formula is C21H29N3O. The molecule has 2 saturated heterocycles. The summed E-state index contributed by atoms with van der Waals surface area (Å²) in [5.74, 6) is 0.933. The first-order valence-electron chi connectivity index (χ1n) is 9.56. The van der Waals surface area contributed by atoms with Crippen molar-refractivity contribution < 1.29 is 4.79 Å². The fraction of sp³-hybridized carbons (Fsp3) is 0.619. The summed E-state index contributed by atoms with van der Waals surface area (Å²) < 4.78 is 0. The molecule has 0 unspecified atom stereocenters. The molecule has 0 radical (unpaired) electrons. The van der Waals surface area contributed by atoms with Crippen LogP contribution in [-0.2, 0) is 10.2 Å². The fourth-order valence-electron chi connectivity index (χ4n) is 4.35. The maximum atomic E-state index is 12.6. The number of benzene rings is 1. The SMILES string of the molecule is CN1CCC[C@H](CCC(=O)N2CCC(C#N)(c3ccccc3)CC2)C1. The minimum Gasteiger partial charge on any atom is -0.343 e. The van der Waals surface area contributed by atoms with Crippen molar-refractivity contribution in [2.75, 3.05) is 33.2 Å². The standard InChI is InChI=1S/C21H29N3O/c1-23-13-5-6-18(16-23)9-10-20(25)24-14-11-21(17-22,12-15-24)19-7-3-2-4-8-19/h2-4,7-8,18H,5-6,9-16H2,1H3/t18-/m1/s1. The Kier molecular flexibility index (Phi) is 5.75. The van der Waals surface area contributed by atoms with Crippen LogP contribution in [0.1, 0.15) is 44.1 Å². The van der Waals surface area contributed by atoms with E-state index in [1.165, 1.54) is 19.4 Å². The minimum atomic E-state index is -0.426. The number of hydrogen-bond donors (Lipinski definition) is 0. The molecule has 4 heteroatoms. The van der Waals surface area contributed by atoms with Gasteiger partial charge in [-0.1, -0.05) is 30.3 Å². The van der Waals surface area contributed by atoms with Gasteiger partial charge in [0.15, 0.2) is 0 Å². The molecule has 0 saturated carbocycles. The fourth-order valence-corrected chi connectivity index (χ4v) is 4.35. The zero-order valence-corrected chi connectivity index (χ0v) is 15.3. The van der Waals surface area contributed by atoms with Crippen LogP contribution in [0.25, 0.3) is 0 Å². The predicted molar refractivity (Wildman–Crippen MR) is 99.0 cm³/mol. The number of nitrogens with zero attached hydrogens (tertiary/aromatic N) is 3. The van der Waals surface area contributed by atoms with Crippen LogP contribution in [0.4, 0.5) is 0 Å². The first kappa shape index (κ1) is 17.9. The van der Waals surface area contributed by atoms with E-state index in [9.17, 15) is 10.1 Å². The smallest absolute Gasteiger partial charge is 0.222 e. The van der Waals surface area contributed by atoms with E-state index in [2.05, 4.69) is 18.0 Å². The van der Waals surface area contributed by atoms with E-state index in [-0.39, 0.29) is 5.91 Å². The van der Waals surface area contributed by atoms with Gasteiger partial charge in [-0.25, -0.2) is 0 Å². The number of piperidine rings is 2. The molecule has 25 heavy (non-hydrogen) atoms. The lowest BCUT2D eigenvalue weighted by atomic mass is 9.74. The van der Waals surface area contributed by atoms with Crippen LogP contribution in [-0.4, -0.2) is 48.9 Å². The van der Waals surface area contributed by atoms with E-state index in [0.717, 1.165) is 31.4 Å². The molecule has 1 amide bonds. The van der Waals surface area contributed by atoms with E-state index in [1.807, 2.05) is 35.2 Å². The van der Waals surface area contributed by atoms with Crippen molar-refractivity contribution in [2.45, 2.75) is 43.9 Å². The first-order valence-corrected chi connectivity index (χ1v) is 9.56.